The van der Waals surface area contributed by atoms with Crippen LogP contribution in [0.4, 0.5) is 0 Å². The number of aryl methyl sites for hydroxylation is 2. The number of carbonyl (C=O) groups is 1. The minimum atomic E-state index is -3.76. The van der Waals surface area contributed by atoms with Crippen molar-refractivity contribution in [3.63, 3.8) is 0 Å². The van der Waals surface area contributed by atoms with Gasteiger partial charge in [-0.25, -0.2) is 12.9 Å². The molecule has 12 heteroatoms. The topological polar surface area (TPSA) is 126 Å². The lowest BCUT2D eigenvalue weighted by molar-refractivity contribution is -0.121. The SMILES string of the molecule is CCCc1c(COCC(C)=O)c(C)c2c(=O)[nH]c(-c3cc(S(=O)(=O)N4CCN(C)CC4)ccc3OCC)nn12. The van der Waals surface area contributed by atoms with Crippen molar-refractivity contribution < 1.29 is 22.7 Å². The number of hydrogen-bond acceptors (Lipinski definition) is 8. The fourth-order valence-electron chi connectivity index (χ4n) is 4.87. The van der Waals surface area contributed by atoms with Crippen LogP contribution in [0.3, 0.4) is 0 Å². The van der Waals surface area contributed by atoms with Crippen molar-refractivity contribution in [2.45, 2.75) is 52.0 Å². The smallest absolute Gasteiger partial charge is 0.275 e. The van der Waals surface area contributed by atoms with Gasteiger partial charge < -0.3 is 19.4 Å². The molecule has 212 valence electrons. The maximum Gasteiger partial charge on any atom is 0.275 e. The Labute approximate surface area is 228 Å². The predicted octanol–water partition coefficient (Wildman–Crippen LogP) is 2.39. The Balaban J connectivity index is 1.85. The van der Waals surface area contributed by atoms with Gasteiger partial charge in [-0.1, -0.05) is 13.3 Å². The molecule has 1 aliphatic heterocycles. The highest BCUT2D eigenvalue weighted by Crippen LogP contribution is 2.32. The zero-order valence-corrected chi connectivity index (χ0v) is 24.1. The number of nitrogens with one attached hydrogen (secondary N) is 1. The van der Waals surface area contributed by atoms with E-state index in [2.05, 4.69) is 9.88 Å². The molecule has 1 aromatic carbocycles. The molecule has 0 saturated carbocycles. The van der Waals surface area contributed by atoms with E-state index in [4.69, 9.17) is 14.6 Å². The lowest BCUT2D eigenvalue weighted by Crippen LogP contribution is -2.47. The number of hydrogen-bond donors (Lipinski definition) is 1. The average Bonchev–Trinajstić information content (AvgIpc) is 3.15. The Morgan fingerprint density at radius 3 is 2.51 bits per heavy atom. The molecule has 3 aromatic rings. The van der Waals surface area contributed by atoms with Gasteiger partial charge in [-0.05, 0) is 58.0 Å². The summed E-state index contributed by atoms with van der Waals surface area (Å²) < 4.78 is 41.5. The third kappa shape index (κ3) is 5.93. The van der Waals surface area contributed by atoms with Crippen molar-refractivity contribution in [2.24, 2.45) is 0 Å². The molecule has 1 aliphatic rings. The van der Waals surface area contributed by atoms with Crippen molar-refractivity contribution in [1.82, 2.24) is 23.8 Å². The second-order valence-electron chi connectivity index (χ2n) is 9.86. The molecule has 1 fully saturated rings. The van der Waals surface area contributed by atoms with Gasteiger partial charge in [0.2, 0.25) is 10.0 Å². The van der Waals surface area contributed by atoms with Crippen molar-refractivity contribution in [2.75, 3.05) is 46.4 Å². The monoisotopic (exact) mass is 559 g/mol. The number of likely N-dealkylation sites (N-methyl/N-ethyl adjacent to an activating group) is 1. The molecular formula is C27H37N5O6S. The van der Waals surface area contributed by atoms with Crippen molar-refractivity contribution in [3.05, 3.63) is 45.4 Å². The van der Waals surface area contributed by atoms with Gasteiger partial charge in [0.05, 0.1) is 23.7 Å². The first-order valence-corrected chi connectivity index (χ1v) is 14.7. The van der Waals surface area contributed by atoms with Crippen molar-refractivity contribution in [1.29, 1.82) is 0 Å². The highest BCUT2D eigenvalue weighted by atomic mass is 32.2. The van der Waals surface area contributed by atoms with Crippen LogP contribution >= 0.6 is 0 Å². The normalized spacial score (nSPS) is 15.2. The van der Waals surface area contributed by atoms with Crippen molar-refractivity contribution >= 4 is 21.3 Å². The van der Waals surface area contributed by atoms with Gasteiger partial charge in [-0.2, -0.15) is 4.31 Å². The molecule has 3 heterocycles. The summed E-state index contributed by atoms with van der Waals surface area (Å²) in [4.78, 5) is 29.8. The van der Waals surface area contributed by atoms with Gasteiger partial charge in [-0.15, -0.1) is 5.10 Å². The summed E-state index contributed by atoms with van der Waals surface area (Å²) in [6.07, 6.45) is 1.44. The molecule has 11 nitrogen and oxygen atoms in total. The van der Waals surface area contributed by atoms with E-state index in [0.717, 1.165) is 23.2 Å². The van der Waals surface area contributed by atoms with Gasteiger partial charge in [0, 0.05) is 37.4 Å². The van der Waals surface area contributed by atoms with Crippen LogP contribution in [-0.2, 0) is 32.6 Å². The van der Waals surface area contributed by atoms with E-state index in [1.807, 2.05) is 27.8 Å². The highest BCUT2D eigenvalue weighted by molar-refractivity contribution is 7.89. The summed E-state index contributed by atoms with van der Waals surface area (Å²) in [6, 6.07) is 4.67. The first-order valence-electron chi connectivity index (χ1n) is 13.2. The van der Waals surface area contributed by atoms with E-state index >= 15 is 0 Å². The van der Waals surface area contributed by atoms with E-state index in [9.17, 15) is 18.0 Å². The van der Waals surface area contributed by atoms with Gasteiger partial charge >= 0.3 is 0 Å². The van der Waals surface area contributed by atoms with E-state index in [1.165, 1.54) is 23.4 Å². The van der Waals surface area contributed by atoms with Gasteiger partial charge in [0.15, 0.2) is 11.6 Å². The van der Waals surface area contributed by atoms with Crippen LogP contribution in [0.25, 0.3) is 16.9 Å². The minimum Gasteiger partial charge on any atom is -0.493 e. The minimum absolute atomic E-state index is 0.0154. The lowest BCUT2D eigenvalue weighted by Gasteiger charge is -2.31. The number of ketones is 1. The molecule has 4 rings (SSSR count). The summed E-state index contributed by atoms with van der Waals surface area (Å²) in [5.41, 5.74) is 2.79. The fraction of sp³-hybridized carbons (Fsp3) is 0.519. The second-order valence-corrected chi connectivity index (χ2v) is 11.8. The molecular weight excluding hydrogens is 522 g/mol. The number of H-pyrrole nitrogens is 1. The largest absolute Gasteiger partial charge is 0.493 e. The number of nitrogens with zero attached hydrogens (tertiary/aromatic N) is 4. The summed E-state index contributed by atoms with van der Waals surface area (Å²) in [7, 11) is -1.79. The molecule has 0 radical (unpaired) electrons. The van der Waals surface area contributed by atoms with Crippen LogP contribution in [0, 0.1) is 6.92 Å². The number of piperazine rings is 1. The number of ether oxygens (including phenoxy) is 2. The molecule has 0 bridgehead atoms. The molecule has 0 amide bonds. The fourth-order valence-corrected chi connectivity index (χ4v) is 6.32. The van der Waals surface area contributed by atoms with E-state index in [1.54, 1.807) is 10.6 Å². The Hall–Kier alpha value is -3.06. The quantitative estimate of drug-likeness (QED) is 0.380. The first-order chi connectivity index (χ1) is 18.6. The standard InChI is InChI=1S/C27H37N5O6S/c1-6-8-23-22(17-37-16-18(3)33)19(4)25-27(34)28-26(29-32(23)25)21-15-20(9-10-24(21)38-7-2)39(35,36)31-13-11-30(5)12-14-31/h9-10,15H,6-8,11-14,16-17H2,1-5H3,(H,28,29,34). The molecule has 0 unspecified atom stereocenters. The Bertz CT molecular complexity index is 1520. The predicted molar refractivity (Wildman–Crippen MR) is 148 cm³/mol. The maximum atomic E-state index is 13.5. The molecule has 2 aromatic heterocycles. The van der Waals surface area contributed by atoms with Gasteiger partial charge in [0.25, 0.3) is 5.56 Å². The van der Waals surface area contributed by atoms with Crippen LogP contribution in [0.2, 0.25) is 0 Å². The summed E-state index contributed by atoms with van der Waals surface area (Å²) >= 11 is 0. The zero-order valence-electron chi connectivity index (χ0n) is 23.2. The third-order valence-corrected chi connectivity index (χ3v) is 8.81. The average molecular weight is 560 g/mol. The van der Waals surface area contributed by atoms with Crippen LogP contribution in [-0.4, -0.2) is 84.4 Å². The molecule has 39 heavy (non-hydrogen) atoms. The van der Waals surface area contributed by atoms with E-state index in [-0.39, 0.29) is 35.3 Å². The molecule has 1 saturated heterocycles. The summed E-state index contributed by atoms with van der Waals surface area (Å²) in [5.74, 6) is 0.541. The zero-order chi connectivity index (χ0) is 28.3. The van der Waals surface area contributed by atoms with E-state index < -0.39 is 10.0 Å². The molecule has 0 spiro atoms. The number of aromatic amines is 1. The Morgan fingerprint density at radius 2 is 1.87 bits per heavy atom. The second kappa shape index (κ2) is 12.0. The third-order valence-electron chi connectivity index (χ3n) is 6.92. The molecule has 0 atom stereocenters. The van der Waals surface area contributed by atoms with Gasteiger partial charge in [-0.3, -0.25) is 9.59 Å². The van der Waals surface area contributed by atoms with E-state index in [0.29, 0.717) is 56.0 Å². The summed E-state index contributed by atoms with van der Waals surface area (Å²) in [5, 5.41) is 4.78. The van der Waals surface area contributed by atoms with Crippen LogP contribution in [0.1, 0.15) is 44.0 Å². The Kier molecular flexibility index (Phi) is 8.90. The van der Waals surface area contributed by atoms with Crippen LogP contribution < -0.4 is 10.3 Å². The number of Topliss-reactive ketones (excluding diaryl/α,β-unsaturated/α-hetero) is 1. The molecule has 1 N–H and O–H groups in total. The molecule has 0 aliphatic carbocycles. The lowest BCUT2D eigenvalue weighted by atomic mass is 10.1. The number of aromatic nitrogens is 3. The first kappa shape index (κ1) is 28.9. The number of fused-ring (bicyclic) bond motifs is 1. The number of benzene rings is 1. The number of rotatable bonds is 11. The number of carbonyl (C=O) groups excluding carboxylic acids is 1. The van der Waals surface area contributed by atoms with Crippen molar-refractivity contribution in [3.8, 4) is 17.1 Å². The van der Waals surface area contributed by atoms with Gasteiger partial charge in [0.1, 0.15) is 17.9 Å². The van der Waals surface area contributed by atoms with Crippen LogP contribution in [0.5, 0.6) is 5.75 Å². The Morgan fingerprint density at radius 1 is 1.15 bits per heavy atom. The highest BCUT2D eigenvalue weighted by Gasteiger charge is 2.29. The van der Waals surface area contributed by atoms with Crippen LogP contribution in [0.15, 0.2) is 27.9 Å². The summed E-state index contributed by atoms with van der Waals surface area (Å²) in [6.45, 7) is 9.80. The maximum absolute atomic E-state index is 13.5. The number of sulfonamides is 1.